The maximum Gasteiger partial charge on any atom is 0.416 e. The number of nitrogens with zero attached hydrogens (tertiary/aromatic N) is 2. The predicted octanol–water partition coefficient (Wildman–Crippen LogP) is 5.08. The van der Waals surface area contributed by atoms with E-state index in [2.05, 4.69) is 31.1 Å². The average molecular weight is 407 g/mol. The molecule has 2 heterocycles. The van der Waals surface area contributed by atoms with E-state index in [0.29, 0.717) is 18.7 Å². The van der Waals surface area contributed by atoms with E-state index >= 15 is 0 Å². The topological polar surface area (TPSA) is 54.5 Å². The summed E-state index contributed by atoms with van der Waals surface area (Å²) in [5, 5.41) is 2.84. The Morgan fingerprint density at radius 2 is 1.83 bits per heavy atom. The van der Waals surface area contributed by atoms with Gasteiger partial charge in [-0.15, -0.1) is 0 Å². The highest BCUT2D eigenvalue weighted by Gasteiger charge is 2.32. The summed E-state index contributed by atoms with van der Waals surface area (Å²) in [6.45, 7) is 7.08. The maximum absolute atomic E-state index is 12.8. The Morgan fingerprint density at radius 3 is 2.45 bits per heavy atom. The molecule has 156 valence electrons. The van der Waals surface area contributed by atoms with Crippen molar-refractivity contribution in [2.24, 2.45) is 0 Å². The molecule has 29 heavy (non-hydrogen) atoms. The lowest BCUT2D eigenvalue weighted by Gasteiger charge is -2.20. The number of hydrogen-bond donors (Lipinski definition) is 1. The largest absolute Gasteiger partial charge is 0.472 e. The molecular weight excluding hydrogens is 383 g/mol. The van der Waals surface area contributed by atoms with Crippen molar-refractivity contribution in [3.8, 4) is 5.88 Å². The summed E-state index contributed by atoms with van der Waals surface area (Å²) < 4.78 is 44.0. The fourth-order valence-corrected chi connectivity index (χ4v) is 3.09. The standard InChI is InChI=1S/C21H24F3N3O2/c1-20(2,3)14-4-6-16(7-5-14)26-19(28)27-11-9-17(13-27)29-18-12-15(8-10-25-18)21(22,23)24/h4-8,10,12,17H,9,11,13H2,1-3H3,(H,26,28). The molecule has 1 saturated heterocycles. The molecule has 1 aromatic heterocycles. The van der Waals surface area contributed by atoms with Gasteiger partial charge in [-0.1, -0.05) is 32.9 Å². The molecule has 1 fully saturated rings. The summed E-state index contributed by atoms with van der Waals surface area (Å²) in [6, 6.07) is 9.17. The average Bonchev–Trinajstić information content (AvgIpc) is 3.09. The lowest BCUT2D eigenvalue weighted by atomic mass is 9.87. The summed E-state index contributed by atoms with van der Waals surface area (Å²) in [6.07, 6.45) is -3.27. The molecule has 5 nitrogen and oxygen atoms in total. The molecule has 8 heteroatoms. The number of ether oxygens (including phenoxy) is 1. The van der Waals surface area contributed by atoms with Crippen LogP contribution in [0.1, 0.15) is 38.3 Å². The van der Waals surface area contributed by atoms with Gasteiger partial charge < -0.3 is 15.0 Å². The van der Waals surface area contributed by atoms with Crippen LogP contribution >= 0.6 is 0 Å². The highest BCUT2D eigenvalue weighted by Crippen LogP contribution is 2.31. The molecule has 1 atom stereocenters. The Hall–Kier alpha value is -2.77. The first kappa shape index (κ1) is 21.0. The number of amides is 2. The van der Waals surface area contributed by atoms with E-state index in [-0.39, 0.29) is 23.9 Å². The quantitative estimate of drug-likeness (QED) is 0.772. The van der Waals surface area contributed by atoms with Crippen LogP contribution in [0.3, 0.4) is 0 Å². The smallest absolute Gasteiger partial charge is 0.416 e. The SMILES string of the molecule is CC(C)(C)c1ccc(NC(=O)N2CCC(Oc3cc(C(F)(F)F)ccn3)C2)cc1. The van der Waals surface area contributed by atoms with Gasteiger partial charge in [-0.05, 0) is 29.2 Å². The molecular formula is C21H24F3N3O2. The fourth-order valence-electron chi connectivity index (χ4n) is 3.09. The first-order chi connectivity index (χ1) is 13.5. The Labute approximate surface area is 167 Å². The molecule has 0 saturated carbocycles. The van der Waals surface area contributed by atoms with Crippen LogP contribution in [0.15, 0.2) is 42.6 Å². The van der Waals surface area contributed by atoms with Crippen molar-refractivity contribution in [1.82, 2.24) is 9.88 Å². The number of pyridine rings is 1. The van der Waals surface area contributed by atoms with Crippen LogP contribution < -0.4 is 10.1 Å². The monoisotopic (exact) mass is 407 g/mol. The third-order valence-electron chi connectivity index (χ3n) is 4.78. The first-order valence-electron chi connectivity index (χ1n) is 9.39. The van der Waals surface area contributed by atoms with Crippen LogP contribution in [-0.4, -0.2) is 35.1 Å². The number of rotatable bonds is 3. The van der Waals surface area contributed by atoms with Crippen molar-refractivity contribution in [3.05, 3.63) is 53.7 Å². The highest BCUT2D eigenvalue weighted by atomic mass is 19.4. The zero-order valence-corrected chi connectivity index (χ0v) is 16.6. The van der Waals surface area contributed by atoms with Gasteiger partial charge in [0.05, 0.1) is 12.1 Å². The van der Waals surface area contributed by atoms with Gasteiger partial charge in [0.1, 0.15) is 6.10 Å². The van der Waals surface area contributed by atoms with Gasteiger partial charge in [-0.2, -0.15) is 13.2 Å². The summed E-state index contributed by atoms with van der Waals surface area (Å²) in [4.78, 5) is 17.9. The number of benzene rings is 1. The summed E-state index contributed by atoms with van der Waals surface area (Å²) >= 11 is 0. The van der Waals surface area contributed by atoms with Gasteiger partial charge in [-0.25, -0.2) is 9.78 Å². The van der Waals surface area contributed by atoms with Crippen molar-refractivity contribution in [3.63, 3.8) is 0 Å². The minimum Gasteiger partial charge on any atom is -0.472 e. The Morgan fingerprint density at radius 1 is 1.14 bits per heavy atom. The molecule has 1 N–H and O–H groups in total. The Kier molecular flexibility index (Phi) is 5.73. The molecule has 1 aromatic carbocycles. The van der Waals surface area contributed by atoms with Gasteiger partial charge in [0.2, 0.25) is 5.88 Å². The number of halogens is 3. The summed E-state index contributed by atoms with van der Waals surface area (Å²) in [5.41, 5.74) is 1.07. The maximum atomic E-state index is 12.8. The molecule has 0 aliphatic carbocycles. The number of nitrogens with one attached hydrogen (secondary N) is 1. The second-order valence-electron chi connectivity index (χ2n) is 8.11. The van der Waals surface area contributed by atoms with E-state index in [4.69, 9.17) is 4.74 Å². The number of anilines is 1. The van der Waals surface area contributed by atoms with Gasteiger partial charge in [0.15, 0.2) is 0 Å². The number of hydrogen-bond acceptors (Lipinski definition) is 3. The number of carbonyl (C=O) groups excluding carboxylic acids is 1. The minimum absolute atomic E-state index is 0.0273. The van der Waals surface area contributed by atoms with E-state index in [9.17, 15) is 18.0 Å². The highest BCUT2D eigenvalue weighted by molar-refractivity contribution is 5.89. The molecule has 0 radical (unpaired) electrons. The zero-order chi connectivity index (χ0) is 21.2. The lowest BCUT2D eigenvalue weighted by molar-refractivity contribution is -0.137. The Balaban J connectivity index is 1.56. The number of aromatic nitrogens is 1. The van der Waals surface area contributed by atoms with E-state index < -0.39 is 17.8 Å². The van der Waals surface area contributed by atoms with E-state index in [1.165, 1.54) is 5.56 Å². The van der Waals surface area contributed by atoms with Crippen LogP contribution in [0, 0.1) is 0 Å². The van der Waals surface area contributed by atoms with E-state index in [1.807, 2.05) is 24.3 Å². The normalized spacial score (nSPS) is 17.3. The second kappa shape index (κ2) is 7.93. The van der Waals surface area contributed by atoms with Crippen LogP contribution in [0.2, 0.25) is 0 Å². The molecule has 0 bridgehead atoms. The third kappa shape index (κ3) is 5.40. The predicted molar refractivity (Wildman–Crippen MR) is 104 cm³/mol. The van der Waals surface area contributed by atoms with Gasteiger partial charge in [0, 0.05) is 30.9 Å². The minimum atomic E-state index is -4.45. The van der Waals surface area contributed by atoms with Gasteiger partial charge in [-0.3, -0.25) is 0 Å². The van der Waals surface area contributed by atoms with Crippen LogP contribution in [0.4, 0.5) is 23.7 Å². The number of urea groups is 1. The van der Waals surface area contributed by atoms with Gasteiger partial charge >= 0.3 is 12.2 Å². The molecule has 1 aliphatic heterocycles. The van der Waals surface area contributed by atoms with Gasteiger partial charge in [0.25, 0.3) is 0 Å². The summed E-state index contributed by atoms with van der Waals surface area (Å²) in [7, 11) is 0. The van der Waals surface area contributed by atoms with Crippen LogP contribution in [0.25, 0.3) is 0 Å². The number of alkyl halides is 3. The van der Waals surface area contributed by atoms with Crippen molar-refractivity contribution < 1.29 is 22.7 Å². The Bertz CT molecular complexity index is 861. The molecule has 1 unspecified atom stereocenters. The van der Waals surface area contributed by atoms with Crippen molar-refractivity contribution >= 4 is 11.7 Å². The van der Waals surface area contributed by atoms with Crippen molar-refractivity contribution in [2.45, 2.75) is 44.9 Å². The van der Waals surface area contributed by atoms with E-state index in [0.717, 1.165) is 18.3 Å². The fraction of sp³-hybridized carbons (Fsp3) is 0.429. The summed E-state index contributed by atoms with van der Waals surface area (Å²) in [5.74, 6) is -0.0927. The first-order valence-corrected chi connectivity index (χ1v) is 9.39. The second-order valence-corrected chi connectivity index (χ2v) is 8.11. The van der Waals surface area contributed by atoms with Crippen molar-refractivity contribution in [2.75, 3.05) is 18.4 Å². The molecule has 0 spiro atoms. The van der Waals surface area contributed by atoms with E-state index in [1.54, 1.807) is 4.90 Å². The molecule has 3 rings (SSSR count). The third-order valence-corrected chi connectivity index (χ3v) is 4.78. The molecule has 1 aliphatic rings. The molecule has 2 aromatic rings. The van der Waals surface area contributed by atoms with Crippen molar-refractivity contribution in [1.29, 1.82) is 0 Å². The zero-order valence-electron chi connectivity index (χ0n) is 16.6. The number of carbonyl (C=O) groups is 1. The number of likely N-dealkylation sites (tertiary alicyclic amines) is 1. The molecule has 2 amide bonds. The lowest BCUT2D eigenvalue weighted by Crippen LogP contribution is -2.34. The van der Waals surface area contributed by atoms with Crippen LogP contribution in [-0.2, 0) is 11.6 Å². The van der Waals surface area contributed by atoms with Crippen LogP contribution in [0.5, 0.6) is 5.88 Å².